The second kappa shape index (κ2) is 5.18. The van der Waals surface area contributed by atoms with E-state index in [1.165, 1.54) is 4.85 Å². The maximum absolute atomic E-state index is 10.1. The molecule has 1 aromatic heterocycles. The first kappa shape index (κ1) is 9.57. The Morgan fingerprint density at radius 3 is 3.00 bits per heavy atom. The number of hydrogen-bond donors (Lipinski definition) is 1. The van der Waals surface area contributed by atoms with Crippen LogP contribution in [0.1, 0.15) is 19.3 Å². The molecule has 0 unspecified atom stereocenters. The molecule has 0 amide bonds. The lowest BCUT2D eigenvalue weighted by molar-refractivity contribution is -0.137. The van der Waals surface area contributed by atoms with Crippen LogP contribution in [0.4, 0.5) is 0 Å². The molecule has 72 valence electrons. The molecule has 5 heteroatoms. The molecule has 0 aliphatic heterocycles. The fourth-order valence-corrected chi connectivity index (χ4v) is 0.868. The molecule has 1 heterocycles. The highest BCUT2D eigenvalue weighted by molar-refractivity contribution is 5.66. The number of carboxylic acids is 1. The summed E-state index contributed by atoms with van der Waals surface area (Å²) >= 11 is 0. The second-order valence-corrected chi connectivity index (χ2v) is 2.59. The molecule has 1 rings (SSSR count). The first-order chi connectivity index (χ1) is 6.29. The summed E-state index contributed by atoms with van der Waals surface area (Å²) in [4.78, 5) is 16.6. The SMILES string of the molecule is O=C(O)CCCCOn1cccn1. The first-order valence-electron chi connectivity index (χ1n) is 4.14. The number of hydrogen-bond acceptors (Lipinski definition) is 3. The van der Waals surface area contributed by atoms with E-state index in [0.29, 0.717) is 13.0 Å². The molecule has 0 atom stereocenters. The Morgan fingerprint density at radius 2 is 2.38 bits per heavy atom. The standard InChI is InChI=1S/C8H12N2O3/c11-8(12)4-1-2-7-13-10-6-3-5-9-10/h3,5-6H,1-2,4,7H2,(H,11,12). The van der Waals surface area contributed by atoms with Crippen LogP contribution in [0, 0.1) is 0 Å². The van der Waals surface area contributed by atoms with Gasteiger partial charge in [-0.25, -0.2) is 0 Å². The fourth-order valence-electron chi connectivity index (χ4n) is 0.868. The molecule has 0 aliphatic rings. The van der Waals surface area contributed by atoms with Crippen molar-refractivity contribution in [1.29, 1.82) is 0 Å². The van der Waals surface area contributed by atoms with Crippen LogP contribution in [-0.2, 0) is 4.79 Å². The third kappa shape index (κ3) is 4.15. The minimum atomic E-state index is -0.765. The summed E-state index contributed by atoms with van der Waals surface area (Å²) in [5, 5.41) is 12.2. The van der Waals surface area contributed by atoms with Crippen LogP contribution >= 0.6 is 0 Å². The number of unbranched alkanes of at least 4 members (excludes halogenated alkanes) is 1. The van der Waals surface area contributed by atoms with Gasteiger partial charge in [0.25, 0.3) is 0 Å². The van der Waals surface area contributed by atoms with Crippen LogP contribution in [0.2, 0.25) is 0 Å². The molecule has 0 saturated heterocycles. The van der Waals surface area contributed by atoms with E-state index in [9.17, 15) is 4.79 Å². The zero-order valence-electron chi connectivity index (χ0n) is 7.22. The maximum atomic E-state index is 10.1. The van der Waals surface area contributed by atoms with Crippen LogP contribution in [-0.4, -0.2) is 27.6 Å². The summed E-state index contributed by atoms with van der Waals surface area (Å²) in [6, 6.07) is 1.76. The molecule has 1 aromatic rings. The van der Waals surface area contributed by atoms with E-state index in [0.717, 1.165) is 6.42 Å². The monoisotopic (exact) mass is 184 g/mol. The van der Waals surface area contributed by atoms with Crippen molar-refractivity contribution in [3.63, 3.8) is 0 Å². The highest BCUT2D eigenvalue weighted by Crippen LogP contribution is 1.94. The van der Waals surface area contributed by atoms with E-state index < -0.39 is 5.97 Å². The first-order valence-corrected chi connectivity index (χ1v) is 4.14. The van der Waals surface area contributed by atoms with Crippen molar-refractivity contribution in [2.24, 2.45) is 0 Å². The lowest BCUT2D eigenvalue weighted by atomic mass is 10.2. The van der Waals surface area contributed by atoms with E-state index in [-0.39, 0.29) is 6.42 Å². The molecular weight excluding hydrogens is 172 g/mol. The minimum absolute atomic E-state index is 0.197. The molecule has 0 bridgehead atoms. The Hall–Kier alpha value is -1.52. The number of aromatic nitrogens is 2. The van der Waals surface area contributed by atoms with Gasteiger partial charge in [0, 0.05) is 6.42 Å². The van der Waals surface area contributed by atoms with Gasteiger partial charge in [-0.15, -0.1) is 9.94 Å². The average Bonchev–Trinajstić information content (AvgIpc) is 2.55. The van der Waals surface area contributed by atoms with E-state index in [1.807, 2.05) is 0 Å². The van der Waals surface area contributed by atoms with Gasteiger partial charge in [-0.3, -0.25) is 4.79 Å². The summed E-state index contributed by atoms with van der Waals surface area (Å²) in [5.41, 5.74) is 0. The molecule has 1 N–H and O–H groups in total. The lowest BCUT2D eigenvalue weighted by Gasteiger charge is -2.02. The summed E-state index contributed by atoms with van der Waals surface area (Å²) in [7, 11) is 0. The third-order valence-electron chi connectivity index (χ3n) is 1.49. The van der Waals surface area contributed by atoms with Crippen LogP contribution in [0.3, 0.4) is 0 Å². The number of carbonyl (C=O) groups is 1. The Morgan fingerprint density at radius 1 is 1.54 bits per heavy atom. The predicted molar refractivity (Wildman–Crippen MR) is 45.2 cm³/mol. The highest BCUT2D eigenvalue weighted by Gasteiger charge is 1.96. The Bertz CT molecular complexity index is 246. The molecule has 0 aliphatic carbocycles. The zero-order valence-corrected chi connectivity index (χ0v) is 7.22. The molecule has 0 aromatic carbocycles. The molecular formula is C8H12N2O3. The van der Waals surface area contributed by atoms with E-state index in [2.05, 4.69) is 5.10 Å². The van der Waals surface area contributed by atoms with Crippen LogP contribution in [0.5, 0.6) is 0 Å². The van der Waals surface area contributed by atoms with Gasteiger partial charge >= 0.3 is 5.97 Å². The number of rotatable bonds is 6. The Kier molecular flexibility index (Phi) is 3.81. The number of aliphatic carboxylic acids is 1. The molecule has 0 saturated carbocycles. The van der Waals surface area contributed by atoms with Gasteiger partial charge in [-0.2, -0.15) is 0 Å². The maximum Gasteiger partial charge on any atom is 0.303 e. The van der Waals surface area contributed by atoms with Gasteiger partial charge in [0.1, 0.15) is 6.61 Å². The van der Waals surface area contributed by atoms with Crippen molar-refractivity contribution in [1.82, 2.24) is 9.94 Å². The fraction of sp³-hybridized carbons (Fsp3) is 0.500. The predicted octanol–water partition coefficient (Wildman–Crippen LogP) is 0.567. The van der Waals surface area contributed by atoms with E-state index in [4.69, 9.17) is 9.94 Å². The van der Waals surface area contributed by atoms with Crippen molar-refractivity contribution >= 4 is 5.97 Å². The van der Waals surface area contributed by atoms with Gasteiger partial charge in [-0.1, -0.05) is 0 Å². The Labute approximate surface area is 75.9 Å². The van der Waals surface area contributed by atoms with Gasteiger partial charge in [-0.05, 0) is 18.9 Å². The van der Waals surface area contributed by atoms with E-state index >= 15 is 0 Å². The molecule has 13 heavy (non-hydrogen) atoms. The third-order valence-corrected chi connectivity index (χ3v) is 1.49. The van der Waals surface area contributed by atoms with Gasteiger partial charge in [0.15, 0.2) is 0 Å². The average molecular weight is 184 g/mol. The van der Waals surface area contributed by atoms with Crippen molar-refractivity contribution in [2.45, 2.75) is 19.3 Å². The summed E-state index contributed by atoms with van der Waals surface area (Å²) < 4.78 is 0. The van der Waals surface area contributed by atoms with Gasteiger partial charge in [0.05, 0.1) is 12.4 Å². The lowest BCUT2D eigenvalue weighted by Crippen LogP contribution is -2.13. The van der Waals surface area contributed by atoms with E-state index in [1.54, 1.807) is 18.5 Å². The van der Waals surface area contributed by atoms with Gasteiger partial charge < -0.3 is 9.94 Å². The smallest absolute Gasteiger partial charge is 0.303 e. The summed E-state index contributed by atoms with van der Waals surface area (Å²) in [6.07, 6.45) is 4.87. The molecule has 0 radical (unpaired) electrons. The zero-order chi connectivity index (χ0) is 9.52. The van der Waals surface area contributed by atoms with Crippen molar-refractivity contribution in [2.75, 3.05) is 6.61 Å². The van der Waals surface area contributed by atoms with Crippen LogP contribution in [0.25, 0.3) is 0 Å². The molecule has 5 nitrogen and oxygen atoms in total. The van der Waals surface area contributed by atoms with Crippen molar-refractivity contribution in [3.8, 4) is 0 Å². The van der Waals surface area contributed by atoms with Crippen LogP contribution < -0.4 is 4.84 Å². The minimum Gasteiger partial charge on any atom is -0.481 e. The topological polar surface area (TPSA) is 64.3 Å². The molecule has 0 fully saturated rings. The summed E-state index contributed by atoms with van der Waals surface area (Å²) in [6.45, 7) is 0.495. The normalized spacial score (nSPS) is 9.85. The largest absolute Gasteiger partial charge is 0.481 e. The highest BCUT2D eigenvalue weighted by atomic mass is 16.7. The quantitative estimate of drug-likeness (QED) is 0.656. The van der Waals surface area contributed by atoms with Crippen LogP contribution in [0.15, 0.2) is 18.5 Å². The number of nitrogens with zero attached hydrogens (tertiary/aromatic N) is 2. The van der Waals surface area contributed by atoms with Gasteiger partial charge in [0.2, 0.25) is 0 Å². The van der Waals surface area contributed by atoms with Crippen molar-refractivity contribution < 1.29 is 14.7 Å². The second-order valence-electron chi connectivity index (χ2n) is 2.59. The van der Waals surface area contributed by atoms with Crippen molar-refractivity contribution in [3.05, 3.63) is 18.5 Å². The Balaban J connectivity index is 1.99. The number of carboxylic acid groups (broad SMARTS) is 1. The summed E-state index contributed by atoms with van der Waals surface area (Å²) in [5.74, 6) is -0.765. The molecule has 0 spiro atoms.